The number of amides is 3. The summed E-state index contributed by atoms with van der Waals surface area (Å²) in [7, 11) is 0. The number of carbonyl (C=O) groups excluding carboxylic acids is 3. The lowest BCUT2D eigenvalue weighted by atomic mass is 9.99. The number of nitrogens with zero attached hydrogens (tertiary/aromatic N) is 1. The standard InChI is InChI=1S/C26H39N3O5/c1-2-3-4-6-12-19(13-7-5-8-17-23(31)24(27)32)28-25(33)21-15-11-18-29(21)26(34)20-14-9-10-16-22(20)30/h9-11,14,16,18-19,21,23,30-31H,2-8,12-13,15,17H2,1H3,(H2,27,32)(H,28,33)/t19?,21-,23?/m0/s1. The van der Waals surface area contributed by atoms with Crippen LogP contribution in [0.1, 0.15) is 87.9 Å². The van der Waals surface area contributed by atoms with Crippen molar-refractivity contribution in [3.05, 3.63) is 42.1 Å². The van der Waals surface area contributed by atoms with Crippen LogP contribution in [-0.4, -0.2) is 51.0 Å². The number of aliphatic hydroxyl groups excluding tert-OH is 1. The van der Waals surface area contributed by atoms with E-state index in [0.717, 1.165) is 51.4 Å². The van der Waals surface area contributed by atoms with Crippen LogP contribution in [0.25, 0.3) is 0 Å². The molecule has 2 rings (SSSR count). The molecule has 5 N–H and O–H groups in total. The Hall–Kier alpha value is -2.87. The summed E-state index contributed by atoms with van der Waals surface area (Å²) < 4.78 is 0. The van der Waals surface area contributed by atoms with Gasteiger partial charge in [-0.3, -0.25) is 14.4 Å². The smallest absolute Gasteiger partial charge is 0.262 e. The van der Waals surface area contributed by atoms with Gasteiger partial charge in [0.1, 0.15) is 17.9 Å². The summed E-state index contributed by atoms with van der Waals surface area (Å²) in [6.45, 7) is 2.16. The van der Waals surface area contributed by atoms with Crippen LogP contribution in [0.15, 0.2) is 36.5 Å². The molecular weight excluding hydrogens is 434 g/mol. The Morgan fingerprint density at radius 3 is 2.35 bits per heavy atom. The Morgan fingerprint density at radius 1 is 1.06 bits per heavy atom. The van der Waals surface area contributed by atoms with Crippen molar-refractivity contribution < 1.29 is 24.6 Å². The van der Waals surface area contributed by atoms with Gasteiger partial charge in [0.25, 0.3) is 5.91 Å². The second-order valence-electron chi connectivity index (χ2n) is 8.98. The molecule has 0 saturated carbocycles. The summed E-state index contributed by atoms with van der Waals surface area (Å²) in [4.78, 5) is 38.4. The van der Waals surface area contributed by atoms with Crippen molar-refractivity contribution in [2.24, 2.45) is 5.73 Å². The van der Waals surface area contributed by atoms with Crippen molar-refractivity contribution >= 4 is 17.7 Å². The van der Waals surface area contributed by atoms with Gasteiger partial charge in [-0.1, -0.05) is 70.1 Å². The van der Waals surface area contributed by atoms with Crippen LogP contribution in [0.4, 0.5) is 0 Å². The number of nitrogens with two attached hydrogens (primary N) is 1. The lowest BCUT2D eigenvalue weighted by molar-refractivity contribution is -0.126. The number of hydrogen-bond acceptors (Lipinski definition) is 5. The molecule has 8 nitrogen and oxygen atoms in total. The normalized spacial score (nSPS) is 16.9. The average molecular weight is 474 g/mol. The number of para-hydroxylation sites is 1. The van der Waals surface area contributed by atoms with Gasteiger partial charge in [-0.25, -0.2) is 0 Å². The number of carbonyl (C=O) groups is 3. The van der Waals surface area contributed by atoms with Gasteiger partial charge >= 0.3 is 0 Å². The third-order valence-corrected chi connectivity index (χ3v) is 6.24. The van der Waals surface area contributed by atoms with Crippen LogP contribution in [0.3, 0.4) is 0 Å². The van der Waals surface area contributed by atoms with E-state index < -0.39 is 24.0 Å². The molecule has 3 atom stereocenters. The maximum absolute atomic E-state index is 13.1. The minimum absolute atomic E-state index is 0.00639. The fraction of sp³-hybridized carbons (Fsp3) is 0.577. The number of hydrogen-bond donors (Lipinski definition) is 4. The third kappa shape index (κ3) is 8.48. The van der Waals surface area contributed by atoms with Crippen molar-refractivity contribution in [2.45, 2.75) is 95.7 Å². The van der Waals surface area contributed by atoms with E-state index in [1.807, 2.05) is 0 Å². The van der Waals surface area contributed by atoms with Crippen LogP contribution in [0.5, 0.6) is 5.75 Å². The van der Waals surface area contributed by atoms with Crippen molar-refractivity contribution in [1.82, 2.24) is 10.2 Å². The molecule has 0 aliphatic carbocycles. The molecule has 34 heavy (non-hydrogen) atoms. The van der Waals surface area contributed by atoms with Crippen LogP contribution < -0.4 is 11.1 Å². The first-order chi connectivity index (χ1) is 16.3. The highest BCUT2D eigenvalue weighted by atomic mass is 16.3. The number of primary amides is 1. The Balaban J connectivity index is 1.93. The minimum atomic E-state index is -1.10. The Kier molecular flexibility index (Phi) is 11.6. The second-order valence-corrected chi connectivity index (χ2v) is 8.98. The Bertz CT molecular complexity index is 841. The van der Waals surface area contributed by atoms with Crippen LogP contribution in [0, 0.1) is 0 Å². The molecule has 0 saturated heterocycles. The van der Waals surface area contributed by atoms with Gasteiger partial charge in [0.2, 0.25) is 11.8 Å². The highest BCUT2D eigenvalue weighted by Crippen LogP contribution is 2.24. The van der Waals surface area contributed by atoms with Gasteiger partial charge in [0, 0.05) is 12.2 Å². The molecule has 0 bridgehead atoms. The van der Waals surface area contributed by atoms with Crippen molar-refractivity contribution in [3.63, 3.8) is 0 Å². The van der Waals surface area contributed by atoms with Crippen molar-refractivity contribution in [2.75, 3.05) is 0 Å². The highest BCUT2D eigenvalue weighted by Gasteiger charge is 2.33. The van der Waals surface area contributed by atoms with E-state index in [1.165, 1.54) is 11.0 Å². The Morgan fingerprint density at radius 2 is 1.71 bits per heavy atom. The average Bonchev–Trinajstić information content (AvgIpc) is 3.31. The lowest BCUT2D eigenvalue weighted by Gasteiger charge is -2.26. The summed E-state index contributed by atoms with van der Waals surface area (Å²) in [6, 6.07) is 5.68. The molecule has 0 aromatic heterocycles. The van der Waals surface area contributed by atoms with E-state index in [0.29, 0.717) is 19.3 Å². The van der Waals surface area contributed by atoms with Crippen molar-refractivity contribution in [3.8, 4) is 5.75 Å². The molecule has 1 aromatic rings. The first-order valence-corrected chi connectivity index (χ1v) is 12.4. The maximum atomic E-state index is 13.1. The number of nitrogens with one attached hydrogen (secondary N) is 1. The van der Waals surface area contributed by atoms with Gasteiger partial charge in [0.05, 0.1) is 5.56 Å². The predicted molar refractivity (Wildman–Crippen MR) is 131 cm³/mol. The molecule has 1 aliphatic heterocycles. The minimum Gasteiger partial charge on any atom is -0.507 e. The largest absolute Gasteiger partial charge is 0.507 e. The lowest BCUT2D eigenvalue weighted by Crippen LogP contribution is -2.48. The zero-order chi connectivity index (χ0) is 24.9. The van der Waals surface area contributed by atoms with Gasteiger partial charge in [-0.2, -0.15) is 0 Å². The summed E-state index contributed by atoms with van der Waals surface area (Å²) in [5.74, 6) is -1.41. The zero-order valence-electron chi connectivity index (χ0n) is 20.1. The van der Waals surface area contributed by atoms with Gasteiger partial charge in [-0.15, -0.1) is 0 Å². The fourth-order valence-electron chi connectivity index (χ4n) is 4.21. The van der Waals surface area contributed by atoms with Gasteiger partial charge in [0.15, 0.2) is 0 Å². The molecule has 0 spiro atoms. The molecule has 3 amide bonds. The van der Waals surface area contributed by atoms with Crippen LogP contribution in [-0.2, 0) is 9.59 Å². The SMILES string of the molecule is CCCCCCC(CCCCCC(O)C(N)=O)NC(=O)[C@@H]1CC=CN1C(=O)c1ccccc1O. The van der Waals surface area contributed by atoms with E-state index in [4.69, 9.17) is 5.73 Å². The summed E-state index contributed by atoms with van der Waals surface area (Å²) >= 11 is 0. The molecular formula is C26H39N3O5. The number of benzene rings is 1. The van der Waals surface area contributed by atoms with E-state index >= 15 is 0 Å². The fourth-order valence-corrected chi connectivity index (χ4v) is 4.21. The first-order valence-electron chi connectivity index (χ1n) is 12.4. The number of rotatable bonds is 15. The molecule has 8 heteroatoms. The summed E-state index contributed by atoms with van der Waals surface area (Å²) in [5, 5.41) is 22.7. The van der Waals surface area contributed by atoms with E-state index in [9.17, 15) is 24.6 Å². The molecule has 188 valence electrons. The van der Waals surface area contributed by atoms with E-state index in [1.54, 1.807) is 30.5 Å². The van der Waals surface area contributed by atoms with E-state index in [-0.39, 0.29) is 23.3 Å². The quantitative estimate of drug-likeness (QED) is 0.290. The Labute approximate surface area is 202 Å². The van der Waals surface area contributed by atoms with Gasteiger partial charge < -0.3 is 26.2 Å². The highest BCUT2D eigenvalue weighted by molar-refractivity contribution is 6.00. The first kappa shape index (κ1) is 27.4. The third-order valence-electron chi connectivity index (χ3n) is 6.24. The molecule has 1 aliphatic rings. The molecule has 1 aromatic carbocycles. The summed E-state index contributed by atoms with van der Waals surface area (Å²) in [6.07, 6.45) is 11.5. The molecule has 0 radical (unpaired) electrons. The maximum Gasteiger partial charge on any atom is 0.262 e. The number of phenols is 1. The van der Waals surface area contributed by atoms with Crippen molar-refractivity contribution in [1.29, 1.82) is 0 Å². The summed E-state index contributed by atoms with van der Waals surface area (Å²) in [5.41, 5.74) is 5.26. The molecule has 0 fully saturated rings. The topological polar surface area (TPSA) is 133 Å². The van der Waals surface area contributed by atoms with Gasteiger partial charge in [-0.05, 0) is 37.8 Å². The monoisotopic (exact) mass is 473 g/mol. The zero-order valence-corrected chi connectivity index (χ0v) is 20.1. The number of aromatic hydroxyl groups is 1. The van der Waals surface area contributed by atoms with E-state index in [2.05, 4.69) is 12.2 Å². The van der Waals surface area contributed by atoms with Crippen LogP contribution >= 0.6 is 0 Å². The predicted octanol–water partition coefficient (Wildman–Crippen LogP) is 3.37. The van der Waals surface area contributed by atoms with Crippen LogP contribution in [0.2, 0.25) is 0 Å². The number of phenolic OH excluding ortho intramolecular Hbond substituents is 1. The second kappa shape index (κ2) is 14.4. The number of aliphatic hydroxyl groups is 1. The number of unbranched alkanes of at least 4 members (excludes halogenated alkanes) is 5. The molecule has 1 heterocycles. The molecule has 2 unspecified atom stereocenters.